The third-order valence-electron chi connectivity index (χ3n) is 3.00. The van der Waals surface area contributed by atoms with Crippen molar-refractivity contribution in [3.63, 3.8) is 0 Å². The quantitative estimate of drug-likeness (QED) is 0.459. The van der Waals surface area contributed by atoms with Crippen molar-refractivity contribution in [2.45, 2.75) is 26.9 Å². The molecule has 2 rings (SSSR count). The molecule has 0 spiro atoms. The molecule has 0 aliphatic rings. The summed E-state index contributed by atoms with van der Waals surface area (Å²) in [7, 11) is 0. The summed E-state index contributed by atoms with van der Waals surface area (Å²) in [5, 5.41) is 11.1. The molecule has 0 fully saturated rings. The summed E-state index contributed by atoms with van der Waals surface area (Å²) < 4.78 is 5.57. The maximum absolute atomic E-state index is 12.4. The second kappa shape index (κ2) is 7.06. The molecule has 0 saturated heterocycles. The lowest BCUT2D eigenvalue weighted by Gasteiger charge is -2.09. The minimum Gasteiger partial charge on any atom is -0.491 e. The van der Waals surface area contributed by atoms with Gasteiger partial charge in [0.2, 0.25) is 5.78 Å². The molecule has 4 heteroatoms. The monoisotopic (exact) mass is 311 g/mol. The van der Waals surface area contributed by atoms with Crippen LogP contribution in [-0.2, 0) is 0 Å². The predicted octanol–water partition coefficient (Wildman–Crippen LogP) is 4.63. The van der Waals surface area contributed by atoms with Crippen molar-refractivity contribution in [1.29, 1.82) is 5.26 Å². The number of ether oxygens (including phenoxy) is 1. The number of carbonyl (C=O) groups excluding carboxylic acids is 1. The number of nitriles is 1. The topological polar surface area (TPSA) is 50.1 Å². The number of allylic oxidation sites excluding steroid dienone is 1. The van der Waals surface area contributed by atoms with Crippen LogP contribution in [-0.4, -0.2) is 11.9 Å². The van der Waals surface area contributed by atoms with E-state index < -0.39 is 0 Å². The number of carbonyl (C=O) groups is 1. The van der Waals surface area contributed by atoms with Crippen LogP contribution in [0.3, 0.4) is 0 Å². The van der Waals surface area contributed by atoms with Gasteiger partial charge in [-0.15, -0.1) is 11.3 Å². The normalized spacial score (nSPS) is 11.3. The summed E-state index contributed by atoms with van der Waals surface area (Å²) >= 11 is 1.36. The minimum absolute atomic E-state index is 0.111. The highest BCUT2D eigenvalue weighted by Gasteiger charge is 2.15. The van der Waals surface area contributed by atoms with E-state index in [1.165, 1.54) is 11.3 Å². The van der Waals surface area contributed by atoms with Gasteiger partial charge in [-0.3, -0.25) is 4.79 Å². The van der Waals surface area contributed by atoms with Crippen LogP contribution in [0, 0.1) is 18.3 Å². The van der Waals surface area contributed by atoms with Crippen molar-refractivity contribution in [3.8, 4) is 11.8 Å². The molecule has 0 atom stereocenters. The fourth-order valence-corrected chi connectivity index (χ4v) is 2.84. The SMILES string of the molecule is Cc1ccsc1C(=O)/C(C#N)=C\c1ccc(OC(C)C)cc1. The van der Waals surface area contributed by atoms with Crippen LogP contribution in [0.5, 0.6) is 5.75 Å². The summed E-state index contributed by atoms with van der Waals surface area (Å²) in [6.45, 7) is 5.80. The molecule has 0 unspecified atom stereocenters. The van der Waals surface area contributed by atoms with Crippen molar-refractivity contribution in [2.24, 2.45) is 0 Å². The van der Waals surface area contributed by atoms with Gasteiger partial charge in [0, 0.05) is 0 Å². The Kier molecular flexibility index (Phi) is 5.13. The molecule has 0 aliphatic carbocycles. The van der Waals surface area contributed by atoms with Gasteiger partial charge in [-0.05, 0) is 61.6 Å². The summed E-state index contributed by atoms with van der Waals surface area (Å²) in [4.78, 5) is 13.0. The van der Waals surface area contributed by atoms with Gasteiger partial charge in [-0.2, -0.15) is 5.26 Å². The number of aryl methyl sites for hydroxylation is 1. The second-order valence-corrected chi connectivity index (χ2v) is 6.08. The van der Waals surface area contributed by atoms with Crippen molar-refractivity contribution < 1.29 is 9.53 Å². The summed E-state index contributed by atoms with van der Waals surface area (Å²) in [6.07, 6.45) is 1.72. The zero-order valence-electron chi connectivity index (χ0n) is 12.8. The largest absolute Gasteiger partial charge is 0.491 e. The first-order chi connectivity index (χ1) is 10.5. The van der Waals surface area contributed by atoms with Gasteiger partial charge in [0.05, 0.1) is 11.0 Å². The number of Topliss-reactive ketones (excluding diaryl/α,β-unsaturated/α-hetero) is 1. The molecule has 0 bridgehead atoms. The van der Waals surface area contributed by atoms with Crippen molar-refractivity contribution in [3.05, 3.63) is 57.3 Å². The third-order valence-corrected chi connectivity index (χ3v) is 4.01. The first-order valence-corrected chi connectivity index (χ1v) is 7.86. The summed E-state index contributed by atoms with van der Waals surface area (Å²) in [5.74, 6) is 0.545. The molecule has 2 aromatic rings. The lowest BCUT2D eigenvalue weighted by molar-refractivity contribution is 0.104. The number of thiophene rings is 1. The number of hydrogen-bond acceptors (Lipinski definition) is 4. The molecular formula is C18H17NO2S. The Bertz CT molecular complexity index is 733. The lowest BCUT2D eigenvalue weighted by Crippen LogP contribution is -2.05. The van der Waals surface area contributed by atoms with Gasteiger partial charge in [0.1, 0.15) is 17.4 Å². The van der Waals surface area contributed by atoms with Crippen molar-refractivity contribution in [2.75, 3.05) is 0 Å². The number of rotatable bonds is 5. The van der Waals surface area contributed by atoms with Crippen molar-refractivity contribution in [1.82, 2.24) is 0 Å². The van der Waals surface area contributed by atoms with Gasteiger partial charge in [0.25, 0.3) is 0 Å². The highest BCUT2D eigenvalue weighted by molar-refractivity contribution is 7.12. The van der Waals surface area contributed by atoms with Crippen LogP contribution in [0.2, 0.25) is 0 Å². The molecular weight excluding hydrogens is 294 g/mol. The molecule has 1 aromatic heterocycles. The predicted molar refractivity (Wildman–Crippen MR) is 89.2 cm³/mol. The molecule has 1 aromatic carbocycles. The fourth-order valence-electron chi connectivity index (χ4n) is 1.96. The van der Waals surface area contributed by atoms with Gasteiger partial charge >= 0.3 is 0 Å². The van der Waals surface area contributed by atoms with E-state index in [2.05, 4.69) is 0 Å². The van der Waals surface area contributed by atoms with E-state index in [9.17, 15) is 10.1 Å². The fraction of sp³-hybridized carbons (Fsp3) is 0.222. The molecule has 0 aliphatic heterocycles. The van der Waals surface area contributed by atoms with Crippen LogP contribution in [0.4, 0.5) is 0 Å². The molecule has 3 nitrogen and oxygen atoms in total. The van der Waals surface area contributed by atoms with Crippen LogP contribution >= 0.6 is 11.3 Å². The average Bonchev–Trinajstić information content (AvgIpc) is 2.91. The maximum atomic E-state index is 12.4. The average molecular weight is 311 g/mol. The summed E-state index contributed by atoms with van der Waals surface area (Å²) in [6, 6.07) is 11.2. The number of benzene rings is 1. The molecule has 1 heterocycles. The van der Waals surface area contributed by atoms with E-state index >= 15 is 0 Å². The number of hydrogen-bond donors (Lipinski definition) is 0. The smallest absolute Gasteiger partial charge is 0.213 e. The van der Waals surface area contributed by atoms with Crippen LogP contribution in [0.15, 0.2) is 41.3 Å². The van der Waals surface area contributed by atoms with Gasteiger partial charge in [-0.25, -0.2) is 0 Å². The zero-order valence-corrected chi connectivity index (χ0v) is 13.6. The molecule has 0 N–H and O–H groups in total. The van der Waals surface area contributed by atoms with E-state index in [1.54, 1.807) is 6.08 Å². The number of ketones is 1. The van der Waals surface area contributed by atoms with E-state index in [4.69, 9.17) is 4.74 Å². The highest BCUT2D eigenvalue weighted by Crippen LogP contribution is 2.21. The van der Waals surface area contributed by atoms with Crippen LogP contribution < -0.4 is 4.74 Å². The Morgan fingerprint density at radius 2 is 1.95 bits per heavy atom. The molecule has 112 valence electrons. The standard InChI is InChI=1S/C18H17NO2S/c1-12(2)21-16-6-4-14(5-7-16)10-15(11-19)17(20)18-13(3)8-9-22-18/h4-10,12H,1-3H3/b15-10-. The number of nitrogens with zero attached hydrogens (tertiary/aromatic N) is 1. The van der Waals surface area contributed by atoms with E-state index in [-0.39, 0.29) is 17.5 Å². The van der Waals surface area contributed by atoms with Crippen LogP contribution in [0.1, 0.15) is 34.6 Å². The van der Waals surface area contributed by atoms with Crippen molar-refractivity contribution >= 4 is 23.2 Å². The summed E-state index contributed by atoms with van der Waals surface area (Å²) in [5.41, 5.74) is 1.84. The Morgan fingerprint density at radius 1 is 1.27 bits per heavy atom. The minimum atomic E-state index is -0.225. The lowest BCUT2D eigenvalue weighted by atomic mass is 10.1. The van der Waals surface area contributed by atoms with Gasteiger partial charge in [-0.1, -0.05) is 12.1 Å². The second-order valence-electron chi connectivity index (χ2n) is 5.17. The zero-order chi connectivity index (χ0) is 16.1. The van der Waals surface area contributed by atoms with E-state index in [0.717, 1.165) is 16.9 Å². The Balaban J connectivity index is 2.24. The third kappa shape index (κ3) is 3.84. The van der Waals surface area contributed by atoms with E-state index in [1.807, 2.05) is 62.6 Å². The van der Waals surface area contributed by atoms with Crippen LogP contribution in [0.25, 0.3) is 6.08 Å². The molecule has 0 radical (unpaired) electrons. The molecule has 0 amide bonds. The van der Waals surface area contributed by atoms with Gasteiger partial charge in [0.15, 0.2) is 0 Å². The van der Waals surface area contributed by atoms with E-state index in [0.29, 0.717) is 4.88 Å². The maximum Gasteiger partial charge on any atom is 0.213 e. The van der Waals surface area contributed by atoms with Gasteiger partial charge < -0.3 is 4.74 Å². The Labute approximate surface area is 134 Å². The first kappa shape index (κ1) is 16.0. The molecule has 0 saturated carbocycles. The Hall–Kier alpha value is -2.38. The highest BCUT2D eigenvalue weighted by atomic mass is 32.1. The Morgan fingerprint density at radius 3 is 2.45 bits per heavy atom. The first-order valence-electron chi connectivity index (χ1n) is 6.98. The molecule has 22 heavy (non-hydrogen) atoms.